The summed E-state index contributed by atoms with van der Waals surface area (Å²) < 4.78 is 96.7. The summed E-state index contributed by atoms with van der Waals surface area (Å²) in [6, 6.07) is 33.4. The predicted molar refractivity (Wildman–Crippen MR) is 524 cm³/mol. The fraction of sp³-hybridized carbons (Fsp3) is 0.443. The second kappa shape index (κ2) is 40.7. The highest BCUT2D eigenvalue weighted by Gasteiger charge is 2.40. The van der Waals surface area contributed by atoms with Crippen LogP contribution in [-0.2, 0) is 29.5 Å². The van der Waals surface area contributed by atoms with E-state index in [1.807, 2.05) is 47.6 Å². The van der Waals surface area contributed by atoms with Crippen molar-refractivity contribution >= 4 is 150 Å². The lowest BCUT2D eigenvalue weighted by molar-refractivity contribution is 0.0697. The number of sulfone groups is 3. The molecule has 0 saturated heterocycles. The highest BCUT2D eigenvalue weighted by atomic mass is 35.5. The second-order valence-corrected chi connectivity index (χ2v) is 45.5. The van der Waals surface area contributed by atoms with E-state index < -0.39 is 45.3 Å². The van der Waals surface area contributed by atoms with Gasteiger partial charge >= 0.3 is 0 Å². The van der Waals surface area contributed by atoms with Gasteiger partial charge in [-0.2, -0.15) is 15.0 Å². The molecular formula is C97H128Cl3N15O9S3. The van der Waals surface area contributed by atoms with Crippen molar-refractivity contribution in [2.75, 3.05) is 38.9 Å². The standard InChI is InChI=1S/C33H44ClN5O3S.2C32H42ClN5O3S/c1-20(2)42-28-16-24(23-17-32(6,7)39(10)33(8,9)18-23)22(5)15-27(28)37-31-35-19-25(34)30(38-31)36-26-13-11-12-14-29(26)43(40,41)21(3)4;1-19(2)41-27-15-23(22-16-31(6,7)38-32(8,9)17-22)21(5)14-26(27)36-30-34-18-24(33)29(37-30)35-25-12-10-11-13-28(25)42(39,40)20(3)4;1-8-23-15-22(16-24(9-2)35-23)25-17-29(41-19(3)4)28(14-21(25)7)37-32-34-18-26(33)31(38-32)36-27-12-10-11-13-30(27)42(39,40)20(5)6/h11-17,19-21H,18H2,1-10H3,(H2,35,36,37,38);10-16,18-20,38H,17H2,1-9H3,(H2,34,35,36,37);10-15,17-20,23-24,35H,8-9,16H2,1-7H3,(H2,34,36,37,38)/t;;23-,24+/m..1/s1. The topological polar surface area (TPSA) is 307 Å². The zero-order valence-electron chi connectivity index (χ0n) is 78.2. The van der Waals surface area contributed by atoms with Crippen LogP contribution in [0, 0.1) is 20.8 Å². The highest BCUT2D eigenvalue weighted by Crippen LogP contribution is 2.47. The highest BCUT2D eigenvalue weighted by molar-refractivity contribution is 7.92. The average molecular weight is 1850 g/mol. The Bertz CT molecular complexity index is 5960. The zero-order valence-corrected chi connectivity index (χ0v) is 82.9. The van der Waals surface area contributed by atoms with Crippen molar-refractivity contribution in [3.8, 4) is 17.2 Å². The SMILES string of the molecule is CC[C@H]1CC(c2cc(OC(C)C)c(Nc3ncc(Cl)c(Nc4ccccc4S(=O)(=O)C(C)C)n3)cc2C)=C[C@@H](CC)N1.Cc1cc(Nc2ncc(Cl)c(Nc3ccccc3S(=O)(=O)C(C)C)n2)c(OC(C)C)cc1C1=CC(C)(C)N(C)C(C)(C)C1.Cc1cc(Nc2ncc(Cl)c(Nc3ccccc3S(=O)(=O)C(C)C)n2)c(OC(C)C)cc1C1=CC(C)(C)NC(C)(C)C1. The number of aromatic nitrogens is 6. The number of nitrogens with one attached hydrogen (secondary N) is 8. The van der Waals surface area contributed by atoms with E-state index in [2.05, 4.69) is 223 Å². The number of aryl methyl sites for hydroxylation is 3. The number of nitrogens with zero attached hydrogens (tertiary/aromatic N) is 7. The van der Waals surface area contributed by atoms with Crippen molar-refractivity contribution in [1.82, 2.24) is 45.4 Å². The third kappa shape index (κ3) is 24.8. The molecule has 0 unspecified atom stereocenters. The van der Waals surface area contributed by atoms with Gasteiger partial charge in [-0.1, -0.05) is 103 Å². The molecule has 0 bridgehead atoms. The number of para-hydroxylation sites is 3. The smallest absolute Gasteiger partial charge is 0.229 e. The fourth-order valence-electron chi connectivity index (χ4n) is 15.8. The number of hydrogen-bond acceptors (Lipinski definition) is 24. The average Bonchev–Trinajstić information content (AvgIpc) is 0.757. The Labute approximate surface area is 768 Å². The molecule has 0 aliphatic carbocycles. The molecule has 12 rings (SSSR count). The van der Waals surface area contributed by atoms with Crippen LogP contribution < -0.4 is 56.7 Å². The Morgan fingerprint density at radius 3 is 1.09 bits per heavy atom. The minimum atomic E-state index is -3.54. The number of ether oxygens (including phenoxy) is 3. The fourth-order valence-corrected chi connectivity index (χ4v) is 19.9. The number of likely N-dealkylation sites (N-methyl/N-ethyl adjacent to an activating group) is 1. The van der Waals surface area contributed by atoms with Crippen LogP contribution in [0.25, 0.3) is 16.7 Å². The Kier molecular flexibility index (Phi) is 32.0. The maximum Gasteiger partial charge on any atom is 0.229 e. The summed E-state index contributed by atoms with van der Waals surface area (Å²) in [5, 5.41) is 25.7. The van der Waals surface area contributed by atoms with Crippen molar-refractivity contribution in [2.24, 2.45) is 0 Å². The third-order valence-electron chi connectivity index (χ3n) is 22.3. The lowest BCUT2D eigenvalue weighted by atomic mass is 9.78. The summed E-state index contributed by atoms with van der Waals surface area (Å²) in [5.74, 6) is 3.80. The summed E-state index contributed by atoms with van der Waals surface area (Å²) in [6.07, 6.45) is 16.1. The van der Waals surface area contributed by atoms with E-state index in [4.69, 9.17) is 49.0 Å². The Balaban J connectivity index is 0.000000199. The van der Waals surface area contributed by atoms with Crippen LogP contribution in [0.1, 0.15) is 218 Å². The summed E-state index contributed by atoms with van der Waals surface area (Å²) in [5.41, 5.74) is 13.7. The molecule has 0 amide bonds. The Morgan fingerprint density at radius 1 is 0.449 bits per heavy atom. The van der Waals surface area contributed by atoms with E-state index in [1.54, 1.807) is 114 Å². The van der Waals surface area contributed by atoms with Crippen molar-refractivity contribution in [3.05, 3.63) is 194 Å². The van der Waals surface area contributed by atoms with Crippen molar-refractivity contribution in [1.29, 1.82) is 0 Å². The van der Waals surface area contributed by atoms with Crippen LogP contribution in [0.15, 0.2) is 161 Å². The molecule has 30 heteroatoms. The molecule has 0 saturated carbocycles. The van der Waals surface area contributed by atoms with Crippen molar-refractivity contribution in [2.45, 2.75) is 288 Å². The largest absolute Gasteiger partial charge is 0.489 e. The van der Waals surface area contributed by atoms with E-state index in [9.17, 15) is 25.3 Å². The first-order valence-corrected chi connectivity index (χ1v) is 49.2. The molecule has 6 aromatic carbocycles. The van der Waals surface area contributed by atoms with E-state index in [-0.39, 0.29) is 99.6 Å². The summed E-state index contributed by atoms with van der Waals surface area (Å²) in [7, 11) is -8.44. The molecule has 684 valence electrons. The molecule has 0 fully saturated rings. The molecular weight excluding hydrogens is 1720 g/mol. The van der Waals surface area contributed by atoms with Gasteiger partial charge in [-0.25, -0.2) is 40.2 Å². The van der Waals surface area contributed by atoms with Gasteiger partial charge in [-0.15, -0.1) is 0 Å². The van der Waals surface area contributed by atoms with E-state index in [0.29, 0.717) is 58.0 Å². The molecule has 3 aliphatic heterocycles. The van der Waals surface area contributed by atoms with Crippen LogP contribution in [0.2, 0.25) is 15.1 Å². The van der Waals surface area contributed by atoms with Crippen molar-refractivity contribution < 1.29 is 39.5 Å². The number of halogens is 3. The van der Waals surface area contributed by atoms with Gasteiger partial charge in [-0.3, -0.25) is 4.90 Å². The van der Waals surface area contributed by atoms with Gasteiger partial charge in [0.15, 0.2) is 47.0 Å². The summed E-state index contributed by atoms with van der Waals surface area (Å²) in [6.45, 7) is 50.4. The van der Waals surface area contributed by atoms with Gasteiger partial charge in [0.1, 0.15) is 32.3 Å². The lowest BCUT2D eigenvalue weighted by Gasteiger charge is -2.49. The minimum Gasteiger partial charge on any atom is -0.489 e. The summed E-state index contributed by atoms with van der Waals surface area (Å²) >= 11 is 19.4. The Hall–Kier alpha value is -9.42. The van der Waals surface area contributed by atoms with E-state index in [0.717, 1.165) is 71.3 Å². The van der Waals surface area contributed by atoms with E-state index in [1.165, 1.54) is 40.9 Å². The molecule has 8 N–H and O–H groups in total. The van der Waals surface area contributed by atoms with E-state index >= 15 is 0 Å². The van der Waals surface area contributed by atoms with Gasteiger partial charge in [0, 0.05) is 34.2 Å². The quantitative estimate of drug-likeness (QED) is 0.0216. The van der Waals surface area contributed by atoms with Gasteiger partial charge in [0.05, 0.1) is 101 Å². The zero-order chi connectivity index (χ0) is 93.5. The van der Waals surface area contributed by atoms with Crippen LogP contribution in [0.3, 0.4) is 0 Å². The summed E-state index contributed by atoms with van der Waals surface area (Å²) in [4.78, 5) is 29.9. The Morgan fingerprint density at radius 2 is 0.780 bits per heavy atom. The minimum absolute atomic E-state index is 0.0102. The monoisotopic (exact) mass is 1850 g/mol. The van der Waals surface area contributed by atoms with Crippen LogP contribution in [0.5, 0.6) is 17.2 Å². The van der Waals surface area contributed by atoms with Gasteiger partial charge in [0.2, 0.25) is 17.8 Å². The van der Waals surface area contributed by atoms with Gasteiger partial charge in [-0.05, 0) is 321 Å². The normalized spacial score (nSPS) is 16.8. The molecule has 0 spiro atoms. The first kappa shape index (κ1) is 99.7. The van der Waals surface area contributed by atoms with Crippen LogP contribution >= 0.6 is 34.8 Å². The number of hydrogen-bond donors (Lipinski definition) is 8. The molecule has 127 heavy (non-hydrogen) atoms. The number of benzene rings is 6. The van der Waals surface area contributed by atoms with Crippen LogP contribution in [-0.4, -0.2) is 135 Å². The maximum absolute atomic E-state index is 13.0. The van der Waals surface area contributed by atoms with Gasteiger partial charge in [0.25, 0.3) is 0 Å². The molecule has 9 aromatic rings. The van der Waals surface area contributed by atoms with Gasteiger partial charge < -0.3 is 56.7 Å². The molecule has 6 heterocycles. The first-order chi connectivity index (χ1) is 59.3. The number of rotatable bonds is 29. The van der Waals surface area contributed by atoms with Crippen molar-refractivity contribution in [3.63, 3.8) is 0 Å². The van der Waals surface area contributed by atoms with Crippen LogP contribution in [0.4, 0.5) is 69.4 Å². The molecule has 0 radical (unpaired) electrons. The third-order valence-corrected chi connectivity index (χ3v) is 29.7. The molecule has 2 atom stereocenters. The molecule has 24 nitrogen and oxygen atoms in total. The lowest BCUT2D eigenvalue weighted by Crippen LogP contribution is -2.54. The maximum atomic E-state index is 13.0. The second-order valence-electron chi connectivity index (χ2n) is 36.8. The molecule has 3 aliphatic rings. The first-order valence-electron chi connectivity index (χ1n) is 43.4. The predicted octanol–water partition coefficient (Wildman–Crippen LogP) is 23.8. The molecule has 3 aromatic heterocycles. The number of anilines is 12.